The lowest BCUT2D eigenvalue weighted by atomic mass is 10.1. The van der Waals surface area contributed by atoms with Crippen LogP contribution in [-0.4, -0.2) is 79.0 Å². The maximum Gasteiger partial charge on any atom is 0.191 e. The minimum absolute atomic E-state index is 0.354. The molecule has 25 heavy (non-hydrogen) atoms. The number of hydrogen-bond acceptors (Lipinski definition) is 5. The number of hydrogen-bond donors (Lipinski definition) is 3. The first kappa shape index (κ1) is 19.6. The van der Waals surface area contributed by atoms with Crippen molar-refractivity contribution in [2.45, 2.75) is 25.9 Å². The van der Waals surface area contributed by atoms with Crippen LogP contribution in [0.5, 0.6) is 0 Å². The van der Waals surface area contributed by atoms with E-state index in [-0.39, 0.29) is 0 Å². The van der Waals surface area contributed by atoms with Crippen molar-refractivity contribution in [2.75, 3.05) is 52.5 Å². The monoisotopic (exact) mass is 349 g/mol. The number of nitrogens with one attached hydrogen (secondary N) is 2. The molecule has 0 aliphatic carbocycles. The Morgan fingerprint density at radius 3 is 2.88 bits per heavy atom. The van der Waals surface area contributed by atoms with Crippen molar-refractivity contribution in [3.8, 4) is 0 Å². The lowest BCUT2D eigenvalue weighted by Gasteiger charge is -2.33. The summed E-state index contributed by atoms with van der Waals surface area (Å²) in [7, 11) is 0. The Balaban J connectivity index is 1.80. The molecule has 2 heterocycles. The number of aromatic nitrogens is 1. The van der Waals surface area contributed by atoms with Gasteiger partial charge in [-0.25, -0.2) is 0 Å². The van der Waals surface area contributed by atoms with E-state index in [4.69, 9.17) is 4.74 Å². The van der Waals surface area contributed by atoms with Crippen molar-refractivity contribution in [2.24, 2.45) is 4.99 Å². The van der Waals surface area contributed by atoms with Gasteiger partial charge in [0.15, 0.2) is 5.96 Å². The van der Waals surface area contributed by atoms with Gasteiger partial charge >= 0.3 is 0 Å². The van der Waals surface area contributed by atoms with Crippen molar-refractivity contribution in [1.82, 2.24) is 20.5 Å². The number of ether oxygens (including phenoxy) is 1. The van der Waals surface area contributed by atoms with Gasteiger partial charge in [0.25, 0.3) is 0 Å². The molecule has 0 amide bonds. The highest BCUT2D eigenvalue weighted by molar-refractivity contribution is 5.79. The molecule has 1 aromatic heterocycles. The van der Waals surface area contributed by atoms with E-state index in [1.165, 1.54) is 5.56 Å². The predicted octanol–water partition coefficient (Wildman–Crippen LogP) is 0.262. The highest BCUT2D eigenvalue weighted by atomic mass is 16.5. The van der Waals surface area contributed by atoms with E-state index in [9.17, 15) is 5.11 Å². The summed E-state index contributed by atoms with van der Waals surface area (Å²) >= 11 is 0. The quantitative estimate of drug-likeness (QED) is 0.461. The molecule has 1 fully saturated rings. The van der Waals surface area contributed by atoms with Gasteiger partial charge in [-0.2, -0.15) is 0 Å². The van der Waals surface area contributed by atoms with Crippen molar-refractivity contribution < 1.29 is 9.84 Å². The van der Waals surface area contributed by atoms with Gasteiger partial charge in [0, 0.05) is 45.1 Å². The fourth-order valence-corrected chi connectivity index (χ4v) is 2.75. The van der Waals surface area contributed by atoms with Crippen LogP contribution in [0.15, 0.2) is 29.5 Å². The Kier molecular flexibility index (Phi) is 8.11. The summed E-state index contributed by atoms with van der Waals surface area (Å²) in [6.07, 6.45) is 4.53. The van der Waals surface area contributed by atoms with Crippen LogP contribution in [0.1, 0.15) is 19.4 Å². The van der Waals surface area contributed by atoms with Gasteiger partial charge in [-0.05, 0) is 31.9 Å². The largest absolute Gasteiger partial charge is 0.387 e. The Labute approximate surface area is 150 Å². The average Bonchev–Trinajstić information content (AvgIpc) is 2.61. The summed E-state index contributed by atoms with van der Waals surface area (Å²) in [6, 6.07) is 4.00. The molecule has 0 spiro atoms. The lowest BCUT2D eigenvalue weighted by molar-refractivity contribution is -0.0179. The minimum Gasteiger partial charge on any atom is -0.387 e. The zero-order valence-corrected chi connectivity index (χ0v) is 15.4. The first-order chi connectivity index (χ1) is 12.1. The molecular weight excluding hydrogens is 318 g/mol. The first-order valence-corrected chi connectivity index (χ1v) is 9.02. The summed E-state index contributed by atoms with van der Waals surface area (Å²) < 4.78 is 5.35. The topological polar surface area (TPSA) is 82.0 Å². The van der Waals surface area contributed by atoms with Crippen LogP contribution in [0.3, 0.4) is 0 Å². The van der Waals surface area contributed by atoms with Gasteiger partial charge in [0.1, 0.15) is 0 Å². The maximum absolute atomic E-state index is 10.6. The first-order valence-electron chi connectivity index (χ1n) is 9.02. The van der Waals surface area contributed by atoms with Crippen molar-refractivity contribution in [3.05, 3.63) is 30.1 Å². The SMILES string of the molecule is CCNC(=NCC(C)(O)CN1CCOCC1)NCCc1cccnc1. The van der Waals surface area contributed by atoms with Gasteiger partial charge in [-0.3, -0.25) is 14.9 Å². The number of pyridine rings is 1. The summed E-state index contributed by atoms with van der Waals surface area (Å²) in [5.41, 5.74) is 0.327. The molecule has 2 rings (SSSR count). The summed E-state index contributed by atoms with van der Waals surface area (Å²) in [5.74, 6) is 0.730. The van der Waals surface area contributed by atoms with Crippen LogP contribution in [0.4, 0.5) is 0 Å². The predicted molar refractivity (Wildman–Crippen MR) is 99.8 cm³/mol. The summed E-state index contributed by atoms with van der Waals surface area (Å²) in [4.78, 5) is 10.9. The van der Waals surface area contributed by atoms with Gasteiger partial charge in [-0.1, -0.05) is 6.07 Å². The summed E-state index contributed by atoms with van der Waals surface area (Å²) in [6.45, 7) is 9.58. The number of guanidine groups is 1. The zero-order chi connectivity index (χ0) is 18.0. The fourth-order valence-electron chi connectivity index (χ4n) is 2.75. The number of aliphatic imine (C=N–C) groups is 1. The van der Waals surface area contributed by atoms with Gasteiger partial charge in [0.05, 0.1) is 25.4 Å². The number of rotatable bonds is 8. The van der Waals surface area contributed by atoms with Crippen molar-refractivity contribution in [1.29, 1.82) is 0 Å². The second-order valence-corrected chi connectivity index (χ2v) is 6.62. The Morgan fingerprint density at radius 2 is 2.20 bits per heavy atom. The third-order valence-electron chi connectivity index (χ3n) is 4.02. The van der Waals surface area contributed by atoms with Crippen LogP contribution in [0.2, 0.25) is 0 Å². The fraction of sp³-hybridized carbons (Fsp3) is 0.667. The van der Waals surface area contributed by atoms with Crippen LogP contribution in [0.25, 0.3) is 0 Å². The molecule has 1 aromatic rings. The highest BCUT2D eigenvalue weighted by Crippen LogP contribution is 2.09. The van der Waals surface area contributed by atoms with Gasteiger partial charge in [-0.15, -0.1) is 0 Å². The molecule has 1 unspecified atom stereocenters. The average molecular weight is 349 g/mol. The standard InChI is InChI=1S/C18H31N5O2/c1-3-20-17(21-8-6-16-5-4-7-19-13-16)22-14-18(2,24)15-23-9-11-25-12-10-23/h4-5,7,13,24H,3,6,8-12,14-15H2,1-2H3,(H2,20,21,22). The molecule has 140 valence electrons. The molecule has 0 radical (unpaired) electrons. The lowest BCUT2D eigenvalue weighted by Crippen LogP contribution is -2.48. The molecule has 0 aromatic carbocycles. The molecule has 1 aliphatic heterocycles. The van der Waals surface area contributed by atoms with E-state index in [0.29, 0.717) is 13.1 Å². The maximum atomic E-state index is 10.6. The van der Waals surface area contributed by atoms with Crippen LogP contribution < -0.4 is 10.6 Å². The second kappa shape index (κ2) is 10.3. The molecule has 0 bridgehead atoms. The Bertz CT molecular complexity index is 515. The normalized spacial score (nSPS) is 18.6. The van der Waals surface area contributed by atoms with E-state index >= 15 is 0 Å². The molecule has 1 aliphatic rings. The van der Waals surface area contributed by atoms with Crippen molar-refractivity contribution >= 4 is 5.96 Å². The minimum atomic E-state index is -0.858. The second-order valence-electron chi connectivity index (χ2n) is 6.62. The van der Waals surface area contributed by atoms with E-state index in [1.54, 1.807) is 6.20 Å². The van der Waals surface area contributed by atoms with Crippen LogP contribution >= 0.6 is 0 Å². The van der Waals surface area contributed by atoms with Gasteiger partial charge < -0.3 is 20.5 Å². The van der Waals surface area contributed by atoms with Gasteiger partial charge in [0.2, 0.25) is 0 Å². The van der Waals surface area contributed by atoms with E-state index in [1.807, 2.05) is 26.1 Å². The zero-order valence-electron chi connectivity index (χ0n) is 15.4. The van der Waals surface area contributed by atoms with Crippen LogP contribution in [-0.2, 0) is 11.2 Å². The highest BCUT2D eigenvalue weighted by Gasteiger charge is 2.25. The van der Waals surface area contributed by atoms with E-state index in [0.717, 1.165) is 51.8 Å². The molecule has 3 N–H and O–H groups in total. The molecule has 7 nitrogen and oxygen atoms in total. The van der Waals surface area contributed by atoms with E-state index in [2.05, 4.69) is 31.6 Å². The number of aliphatic hydroxyl groups is 1. The number of β-amino-alcohol motifs (C(OH)–C–C–N with tert-alkyl or cyclic N) is 1. The third-order valence-corrected chi connectivity index (χ3v) is 4.02. The van der Waals surface area contributed by atoms with Crippen LogP contribution in [0, 0.1) is 0 Å². The molecule has 1 atom stereocenters. The summed E-state index contributed by atoms with van der Waals surface area (Å²) in [5, 5.41) is 17.2. The molecular formula is C18H31N5O2. The Hall–Kier alpha value is -1.70. The van der Waals surface area contributed by atoms with E-state index < -0.39 is 5.60 Å². The molecule has 0 saturated carbocycles. The number of nitrogens with zero attached hydrogens (tertiary/aromatic N) is 3. The smallest absolute Gasteiger partial charge is 0.191 e. The molecule has 7 heteroatoms. The Morgan fingerprint density at radius 1 is 1.40 bits per heavy atom. The number of morpholine rings is 1. The molecule has 1 saturated heterocycles. The third kappa shape index (κ3) is 7.81. The van der Waals surface area contributed by atoms with Crippen molar-refractivity contribution in [3.63, 3.8) is 0 Å².